The highest BCUT2D eigenvalue weighted by Gasteiger charge is 2.67. The first-order chi connectivity index (χ1) is 10.7. The van der Waals surface area contributed by atoms with E-state index in [-0.39, 0.29) is 29.0 Å². The number of fused-ring (bicyclic) bond motifs is 3. The predicted octanol–water partition coefficient (Wildman–Crippen LogP) is 3.11. The highest BCUT2D eigenvalue weighted by atomic mass is 16.3. The van der Waals surface area contributed by atoms with Crippen LogP contribution in [0.4, 0.5) is 0 Å². The first-order valence-corrected chi connectivity index (χ1v) is 9.69. The van der Waals surface area contributed by atoms with Crippen LogP contribution >= 0.6 is 0 Å². The molecule has 3 heteroatoms. The average Bonchev–Trinajstić information content (AvgIpc) is 2.70. The second-order valence-electron chi connectivity index (χ2n) is 10.3. The van der Waals surface area contributed by atoms with Gasteiger partial charge in [0.15, 0.2) is 0 Å². The molecule has 4 saturated carbocycles. The quantitative estimate of drug-likeness (QED) is 0.695. The fraction of sp³-hybridized carbons (Fsp3) is 1.00. The fourth-order valence-electron chi connectivity index (χ4n) is 8.02. The number of rotatable bonds is 1. The van der Waals surface area contributed by atoms with E-state index in [1.165, 1.54) is 19.3 Å². The van der Waals surface area contributed by atoms with Gasteiger partial charge in [-0.2, -0.15) is 0 Å². The highest BCUT2D eigenvalue weighted by molar-refractivity contribution is 5.17. The molecule has 132 valence electrons. The monoisotopic (exact) mass is 322 g/mol. The third kappa shape index (κ3) is 1.93. The van der Waals surface area contributed by atoms with E-state index >= 15 is 0 Å². The van der Waals surface area contributed by atoms with E-state index in [1.54, 1.807) is 0 Å². The number of aliphatic hydroxyl groups excluding tert-OH is 2. The van der Waals surface area contributed by atoms with Crippen molar-refractivity contribution in [1.29, 1.82) is 0 Å². The van der Waals surface area contributed by atoms with Gasteiger partial charge in [-0.25, -0.2) is 0 Å². The van der Waals surface area contributed by atoms with E-state index in [1.807, 2.05) is 0 Å². The second kappa shape index (κ2) is 4.74. The summed E-state index contributed by atoms with van der Waals surface area (Å²) in [7, 11) is 0. The zero-order chi connectivity index (χ0) is 16.7. The first kappa shape index (κ1) is 16.4. The van der Waals surface area contributed by atoms with Gasteiger partial charge < -0.3 is 15.3 Å². The van der Waals surface area contributed by atoms with Crippen LogP contribution in [-0.2, 0) is 0 Å². The maximum Gasteiger partial charge on any atom is 0.0910 e. The smallest absolute Gasteiger partial charge is 0.0910 e. The molecule has 0 aliphatic heterocycles. The summed E-state index contributed by atoms with van der Waals surface area (Å²) < 4.78 is 0. The summed E-state index contributed by atoms with van der Waals surface area (Å²) in [6.07, 6.45) is 8.39. The maximum atomic E-state index is 10.9. The number of hydrogen-bond acceptors (Lipinski definition) is 3. The van der Waals surface area contributed by atoms with Gasteiger partial charge in [-0.05, 0) is 85.4 Å². The van der Waals surface area contributed by atoms with Crippen molar-refractivity contribution in [1.82, 2.24) is 0 Å². The summed E-state index contributed by atoms with van der Waals surface area (Å²) in [4.78, 5) is 0. The Morgan fingerprint density at radius 1 is 0.957 bits per heavy atom. The summed E-state index contributed by atoms with van der Waals surface area (Å²) in [6.45, 7) is 6.94. The Morgan fingerprint density at radius 2 is 1.70 bits per heavy atom. The predicted molar refractivity (Wildman–Crippen MR) is 89.8 cm³/mol. The Bertz CT molecular complexity index is 503. The topological polar surface area (TPSA) is 60.7 Å². The molecule has 0 saturated heterocycles. The number of hydrogen-bond donors (Lipinski definition) is 3. The summed E-state index contributed by atoms with van der Waals surface area (Å²) in [5.41, 5.74) is -0.310. The molecule has 7 atom stereocenters. The zero-order valence-electron chi connectivity index (χ0n) is 15.0. The van der Waals surface area contributed by atoms with Crippen molar-refractivity contribution in [3.63, 3.8) is 0 Å². The van der Waals surface area contributed by atoms with Gasteiger partial charge in [0, 0.05) is 0 Å². The lowest BCUT2D eigenvalue weighted by atomic mass is 9.41. The molecular weight excluding hydrogens is 288 g/mol. The van der Waals surface area contributed by atoms with Crippen molar-refractivity contribution < 1.29 is 15.3 Å². The molecule has 0 heterocycles. The minimum atomic E-state index is -0.832. The van der Waals surface area contributed by atoms with E-state index in [0.29, 0.717) is 17.8 Å². The summed E-state index contributed by atoms with van der Waals surface area (Å²) in [5, 5.41) is 31.3. The van der Waals surface area contributed by atoms with E-state index < -0.39 is 5.60 Å². The molecular formula is C20H34O3. The molecule has 1 unspecified atom stereocenters. The first-order valence-electron chi connectivity index (χ1n) is 9.69. The van der Waals surface area contributed by atoms with Crippen molar-refractivity contribution in [2.24, 2.45) is 34.0 Å². The molecule has 4 fully saturated rings. The Hall–Kier alpha value is -0.120. The van der Waals surface area contributed by atoms with Gasteiger partial charge in [0.1, 0.15) is 0 Å². The van der Waals surface area contributed by atoms with Gasteiger partial charge in [0.25, 0.3) is 0 Å². The lowest BCUT2D eigenvalue weighted by molar-refractivity contribution is -0.180. The molecule has 1 spiro atoms. The van der Waals surface area contributed by atoms with Crippen LogP contribution in [0.3, 0.4) is 0 Å². The molecule has 0 amide bonds. The van der Waals surface area contributed by atoms with Crippen molar-refractivity contribution in [3.8, 4) is 0 Å². The van der Waals surface area contributed by atoms with Crippen LogP contribution in [0.15, 0.2) is 0 Å². The second-order valence-corrected chi connectivity index (χ2v) is 10.3. The van der Waals surface area contributed by atoms with Crippen LogP contribution in [0.25, 0.3) is 0 Å². The largest absolute Gasteiger partial charge is 0.393 e. The van der Waals surface area contributed by atoms with E-state index in [9.17, 15) is 15.3 Å². The highest BCUT2D eigenvalue weighted by Crippen LogP contribution is 2.72. The number of aliphatic hydroxyl groups is 3. The standard InChI is InChI=1S/C20H34O3/c1-17(2)14-6-9-19-10-13(20(23,11-19)12-21)4-5-15(19)18(14,3)8-7-16(17)22/h13-16,21-23H,4-12H2,1-3H3/t13-,14-,15+,16?,18-,19+,20+/m1/s1. The Morgan fingerprint density at radius 3 is 2.39 bits per heavy atom. The lowest BCUT2D eigenvalue weighted by Crippen LogP contribution is -2.59. The van der Waals surface area contributed by atoms with Gasteiger partial charge in [-0.1, -0.05) is 20.8 Å². The third-order valence-electron chi connectivity index (χ3n) is 9.12. The lowest BCUT2D eigenvalue weighted by Gasteiger charge is -2.64. The zero-order valence-corrected chi connectivity index (χ0v) is 15.0. The Labute approximate surface area is 140 Å². The van der Waals surface area contributed by atoms with Crippen molar-refractivity contribution in [2.75, 3.05) is 6.61 Å². The summed E-state index contributed by atoms with van der Waals surface area (Å²) >= 11 is 0. The Kier molecular flexibility index (Phi) is 3.37. The molecule has 4 aliphatic carbocycles. The van der Waals surface area contributed by atoms with Gasteiger partial charge in [-0.3, -0.25) is 0 Å². The molecule has 0 aromatic rings. The van der Waals surface area contributed by atoms with Crippen LogP contribution in [0.1, 0.15) is 72.1 Å². The van der Waals surface area contributed by atoms with Gasteiger partial charge in [0.05, 0.1) is 18.3 Å². The van der Waals surface area contributed by atoms with Crippen molar-refractivity contribution in [3.05, 3.63) is 0 Å². The molecule has 0 radical (unpaired) electrons. The van der Waals surface area contributed by atoms with Crippen LogP contribution in [0, 0.1) is 34.0 Å². The molecule has 3 N–H and O–H groups in total. The average molecular weight is 322 g/mol. The fourth-order valence-corrected chi connectivity index (χ4v) is 8.02. The van der Waals surface area contributed by atoms with Crippen LogP contribution in [0.2, 0.25) is 0 Å². The molecule has 2 bridgehead atoms. The van der Waals surface area contributed by atoms with Gasteiger partial charge in [0.2, 0.25) is 0 Å². The third-order valence-corrected chi connectivity index (χ3v) is 9.12. The minimum absolute atomic E-state index is 0.00263. The van der Waals surface area contributed by atoms with Crippen LogP contribution in [-0.4, -0.2) is 33.6 Å². The van der Waals surface area contributed by atoms with E-state index in [2.05, 4.69) is 20.8 Å². The molecule has 4 aliphatic rings. The maximum absolute atomic E-state index is 10.9. The van der Waals surface area contributed by atoms with Gasteiger partial charge >= 0.3 is 0 Å². The molecule has 23 heavy (non-hydrogen) atoms. The molecule has 3 nitrogen and oxygen atoms in total. The minimum Gasteiger partial charge on any atom is -0.393 e. The van der Waals surface area contributed by atoms with E-state index in [0.717, 1.165) is 32.1 Å². The summed E-state index contributed by atoms with van der Waals surface area (Å²) in [5.74, 6) is 1.53. The van der Waals surface area contributed by atoms with Crippen LogP contribution < -0.4 is 0 Å². The summed E-state index contributed by atoms with van der Waals surface area (Å²) in [6, 6.07) is 0. The normalized spacial score (nSPS) is 57.7. The SMILES string of the molecule is CC1(C)C(O)CC[C@]2(C)[C@@H]1CC[C@@]13C[C@@H](CC[C@H]12)[C@@](O)(CO)C3. The molecule has 0 aromatic heterocycles. The molecule has 4 rings (SSSR count). The van der Waals surface area contributed by atoms with Gasteiger partial charge in [-0.15, -0.1) is 0 Å². The Balaban J connectivity index is 1.72. The van der Waals surface area contributed by atoms with Crippen molar-refractivity contribution in [2.45, 2.75) is 83.8 Å². The van der Waals surface area contributed by atoms with Crippen molar-refractivity contribution >= 4 is 0 Å². The van der Waals surface area contributed by atoms with Crippen LogP contribution in [0.5, 0.6) is 0 Å². The van der Waals surface area contributed by atoms with E-state index in [4.69, 9.17) is 0 Å². The molecule has 0 aromatic carbocycles.